The number of carboxylic acids is 2. The van der Waals surface area contributed by atoms with Gasteiger partial charge in [-0.1, -0.05) is 0 Å². The number of ether oxygens (including phenoxy) is 8. The quantitative estimate of drug-likeness (QED) is 0.172. The van der Waals surface area contributed by atoms with Gasteiger partial charge in [-0.2, -0.15) is 0 Å². The maximum absolute atomic E-state index is 10.2. The summed E-state index contributed by atoms with van der Waals surface area (Å²) < 4.78 is 41.3. The predicted molar refractivity (Wildman–Crippen MR) is 102 cm³/mol. The molecule has 0 aliphatic rings. The van der Waals surface area contributed by atoms with E-state index in [1.165, 1.54) is 0 Å². The summed E-state index contributed by atoms with van der Waals surface area (Å²) in [5.74, 6) is -2.00. The molecule has 30 heavy (non-hydrogen) atoms. The Kier molecular flexibility index (Phi) is 22.8. The number of hydrogen-bond acceptors (Lipinski definition) is 10. The van der Waals surface area contributed by atoms with Crippen LogP contribution < -0.4 is 0 Å². The van der Waals surface area contributed by atoms with Crippen LogP contribution >= 0.6 is 0 Å². The van der Waals surface area contributed by atoms with Crippen molar-refractivity contribution >= 4 is 11.9 Å². The van der Waals surface area contributed by atoms with Crippen LogP contribution in [0, 0.1) is 0 Å². The summed E-state index contributed by atoms with van der Waals surface area (Å²) in [6.07, 6.45) is 0. The minimum Gasteiger partial charge on any atom is -0.480 e. The van der Waals surface area contributed by atoms with Crippen LogP contribution in [0.4, 0.5) is 0 Å². The van der Waals surface area contributed by atoms with Crippen LogP contribution in [0.15, 0.2) is 0 Å². The molecular formula is C18H34O12. The lowest BCUT2D eigenvalue weighted by atomic mass is 10.6. The first-order valence-corrected chi connectivity index (χ1v) is 9.68. The molecule has 0 rings (SSSR count). The molecule has 0 amide bonds. The highest BCUT2D eigenvalue weighted by Gasteiger charge is 1.97. The molecule has 2 N–H and O–H groups in total. The fraction of sp³-hybridized carbons (Fsp3) is 0.889. The Morgan fingerprint density at radius 1 is 0.367 bits per heavy atom. The highest BCUT2D eigenvalue weighted by atomic mass is 16.6. The Labute approximate surface area is 176 Å². The number of rotatable bonds is 25. The molecule has 178 valence electrons. The van der Waals surface area contributed by atoms with Crippen molar-refractivity contribution in [1.82, 2.24) is 0 Å². The summed E-state index contributed by atoms with van der Waals surface area (Å²) >= 11 is 0. The molecule has 0 radical (unpaired) electrons. The van der Waals surface area contributed by atoms with Gasteiger partial charge in [0.15, 0.2) is 0 Å². The van der Waals surface area contributed by atoms with Gasteiger partial charge in [0.05, 0.1) is 92.5 Å². The summed E-state index contributed by atoms with van der Waals surface area (Å²) in [5.41, 5.74) is 0. The molecule has 0 aromatic heterocycles. The molecule has 0 aromatic carbocycles. The van der Waals surface area contributed by atoms with Crippen LogP contribution in [-0.2, 0) is 47.5 Å². The minimum atomic E-state index is -1.00. The SMILES string of the molecule is O=C(O)COCCOCCOCCOCCOCCOCCOCCOCC(=O)O. The Hall–Kier alpha value is -1.38. The Balaban J connectivity index is 3.02. The van der Waals surface area contributed by atoms with Crippen LogP contribution in [0.2, 0.25) is 0 Å². The summed E-state index contributed by atoms with van der Waals surface area (Å²) in [7, 11) is 0. The molecule has 0 unspecified atom stereocenters. The molecule has 0 aliphatic heterocycles. The second-order valence-corrected chi connectivity index (χ2v) is 5.57. The first kappa shape index (κ1) is 28.6. The molecule has 0 heterocycles. The van der Waals surface area contributed by atoms with E-state index in [1.807, 2.05) is 0 Å². The molecule has 12 heteroatoms. The van der Waals surface area contributed by atoms with E-state index in [1.54, 1.807) is 0 Å². The van der Waals surface area contributed by atoms with Gasteiger partial charge in [0, 0.05) is 0 Å². The first-order chi connectivity index (χ1) is 14.6. The zero-order valence-electron chi connectivity index (χ0n) is 17.3. The van der Waals surface area contributed by atoms with E-state index in [2.05, 4.69) is 0 Å². The van der Waals surface area contributed by atoms with Crippen molar-refractivity contribution < 1.29 is 57.7 Å². The van der Waals surface area contributed by atoms with Gasteiger partial charge in [0.2, 0.25) is 0 Å². The third kappa shape index (κ3) is 26.6. The van der Waals surface area contributed by atoms with Crippen molar-refractivity contribution in [3.8, 4) is 0 Å². The van der Waals surface area contributed by atoms with Crippen molar-refractivity contribution in [2.24, 2.45) is 0 Å². The van der Waals surface area contributed by atoms with E-state index in [4.69, 9.17) is 48.1 Å². The monoisotopic (exact) mass is 442 g/mol. The lowest BCUT2D eigenvalue weighted by Crippen LogP contribution is -2.15. The normalized spacial score (nSPS) is 11.1. The van der Waals surface area contributed by atoms with E-state index < -0.39 is 11.9 Å². The Morgan fingerprint density at radius 3 is 0.700 bits per heavy atom. The summed E-state index contributed by atoms with van der Waals surface area (Å²) in [4.78, 5) is 20.4. The molecular weight excluding hydrogens is 408 g/mol. The summed E-state index contributed by atoms with van der Waals surface area (Å²) in [6, 6.07) is 0. The zero-order chi connectivity index (χ0) is 22.1. The number of carbonyl (C=O) groups is 2. The average molecular weight is 442 g/mol. The maximum Gasteiger partial charge on any atom is 0.329 e. The lowest BCUT2D eigenvalue weighted by Gasteiger charge is -2.08. The zero-order valence-corrected chi connectivity index (χ0v) is 17.3. The van der Waals surface area contributed by atoms with Gasteiger partial charge in [-0.15, -0.1) is 0 Å². The second kappa shape index (κ2) is 23.9. The number of carboxylic acid groups (broad SMARTS) is 2. The predicted octanol–water partition coefficient (Wildman–Crippen LogP) is -0.712. The third-order valence-electron chi connectivity index (χ3n) is 3.06. The highest BCUT2D eigenvalue weighted by molar-refractivity contribution is 5.68. The van der Waals surface area contributed by atoms with E-state index >= 15 is 0 Å². The standard InChI is InChI=1S/C18H34O12/c19-17(20)15-29-13-11-27-9-7-25-5-3-23-1-2-24-4-6-26-8-10-28-12-14-30-16-18(21)22/h1-16H2,(H,19,20)(H,21,22). The average Bonchev–Trinajstić information content (AvgIpc) is 2.70. The maximum atomic E-state index is 10.2. The first-order valence-electron chi connectivity index (χ1n) is 9.68. The van der Waals surface area contributed by atoms with Gasteiger partial charge >= 0.3 is 11.9 Å². The Morgan fingerprint density at radius 2 is 0.533 bits per heavy atom. The van der Waals surface area contributed by atoms with Crippen LogP contribution in [0.25, 0.3) is 0 Å². The van der Waals surface area contributed by atoms with Crippen LogP contribution in [0.3, 0.4) is 0 Å². The smallest absolute Gasteiger partial charge is 0.329 e. The molecule has 0 atom stereocenters. The van der Waals surface area contributed by atoms with Gasteiger partial charge in [-0.3, -0.25) is 0 Å². The van der Waals surface area contributed by atoms with Gasteiger partial charge in [-0.05, 0) is 0 Å². The van der Waals surface area contributed by atoms with Crippen molar-refractivity contribution in [2.75, 3.05) is 106 Å². The van der Waals surface area contributed by atoms with E-state index in [0.717, 1.165) is 0 Å². The Bertz CT molecular complexity index is 357. The van der Waals surface area contributed by atoms with Crippen molar-refractivity contribution in [3.63, 3.8) is 0 Å². The molecule has 0 aliphatic carbocycles. The van der Waals surface area contributed by atoms with Crippen molar-refractivity contribution in [2.45, 2.75) is 0 Å². The largest absolute Gasteiger partial charge is 0.480 e. The lowest BCUT2D eigenvalue weighted by molar-refractivity contribution is -0.143. The van der Waals surface area contributed by atoms with Crippen molar-refractivity contribution in [3.05, 3.63) is 0 Å². The molecule has 0 spiro atoms. The van der Waals surface area contributed by atoms with Gasteiger partial charge < -0.3 is 48.1 Å². The van der Waals surface area contributed by atoms with E-state index in [9.17, 15) is 9.59 Å². The fourth-order valence-corrected chi connectivity index (χ4v) is 1.76. The van der Waals surface area contributed by atoms with Crippen LogP contribution in [0.1, 0.15) is 0 Å². The number of hydrogen-bond donors (Lipinski definition) is 2. The van der Waals surface area contributed by atoms with E-state index in [0.29, 0.717) is 79.3 Å². The molecule has 0 saturated carbocycles. The third-order valence-corrected chi connectivity index (χ3v) is 3.06. The van der Waals surface area contributed by atoms with Gasteiger partial charge in [0.25, 0.3) is 0 Å². The minimum absolute atomic E-state index is 0.236. The summed E-state index contributed by atoms with van der Waals surface area (Å²) in [5, 5.41) is 16.7. The second-order valence-electron chi connectivity index (χ2n) is 5.57. The fourth-order valence-electron chi connectivity index (χ4n) is 1.76. The molecule has 0 saturated heterocycles. The van der Waals surface area contributed by atoms with Crippen molar-refractivity contribution in [1.29, 1.82) is 0 Å². The molecule has 0 fully saturated rings. The topological polar surface area (TPSA) is 148 Å². The molecule has 0 bridgehead atoms. The van der Waals surface area contributed by atoms with E-state index in [-0.39, 0.29) is 26.4 Å². The summed E-state index contributed by atoms with van der Waals surface area (Å²) in [6.45, 7) is 4.86. The number of aliphatic carboxylic acids is 2. The van der Waals surface area contributed by atoms with Gasteiger partial charge in [0.1, 0.15) is 13.2 Å². The highest BCUT2D eigenvalue weighted by Crippen LogP contribution is 1.85. The van der Waals surface area contributed by atoms with Crippen LogP contribution in [0.5, 0.6) is 0 Å². The molecule has 0 aromatic rings. The van der Waals surface area contributed by atoms with Crippen LogP contribution in [-0.4, -0.2) is 128 Å². The van der Waals surface area contributed by atoms with Gasteiger partial charge in [-0.25, -0.2) is 9.59 Å². The molecule has 12 nitrogen and oxygen atoms in total.